The van der Waals surface area contributed by atoms with E-state index in [1.807, 2.05) is 29.6 Å². The molecule has 4 rings (SSSR count). The minimum atomic E-state index is -1.01. The Morgan fingerprint density at radius 2 is 2.16 bits per heavy atom. The molecule has 2 aromatic heterocycles. The van der Waals surface area contributed by atoms with Gasteiger partial charge < -0.3 is 10.2 Å². The highest BCUT2D eigenvalue weighted by Crippen LogP contribution is 2.40. The summed E-state index contributed by atoms with van der Waals surface area (Å²) in [5, 5.41) is 17.2. The number of anilines is 3. The Morgan fingerprint density at radius 3 is 2.78 bits per heavy atom. The van der Waals surface area contributed by atoms with Gasteiger partial charge in [-0.3, -0.25) is 19.2 Å². The summed E-state index contributed by atoms with van der Waals surface area (Å²) in [5.74, 6) is 0.613. The molecule has 2 atom stereocenters. The number of carbonyl (C=O) groups is 2. The maximum atomic E-state index is 13.0. The van der Waals surface area contributed by atoms with Crippen LogP contribution in [0.15, 0.2) is 24.7 Å². The highest BCUT2D eigenvalue weighted by atomic mass is 35.5. The van der Waals surface area contributed by atoms with Gasteiger partial charge in [0.25, 0.3) is 0 Å². The van der Waals surface area contributed by atoms with Gasteiger partial charge in [0, 0.05) is 39.0 Å². The van der Waals surface area contributed by atoms with E-state index in [1.165, 1.54) is 0 Å². The largest absolute Gasteiger partial charge is 0.341 e. The molecule has 0 spiro atoms. The summed E-state index contributed by atoms with van der Waals surface area (Å²) in [6.07, 6.45) is 6.49. The number of likely N-dealkylation sites (tertiary alicyclic amines) is 1. The summed E-state index contributed by atoms with van der Waals surface area (Å²) in [5.41, 5.74) is -0.283. The molecule has 0 aliphatic carbocycles. The minimum absolute atomic E-state index is 0. The van der Waals surface area contributed by atoms with Crippen molar-refractivity contribution in [3.8, 4) is 6.07 Å². The van der Waals surface area contributed by atoms with Gasteiger partial charge in [-0.1, -0.05) is 13.8 Å². The molecular formula is C21H27ClN8O2. The van der Waals surface area contributed by atoms with Crippen LogP contribution in [-0.4, -0.2) is 56.1 Å². The highest BCUT2D eigenvalue weighted by Gasteiger charge is 2.50. The third kappa shape index (κ3) is 4.12. The molecule has 0 bridgehead atoms. The smallest absolute Gasteiger partial charge is 0.248 e. The van der Waals surface area contributed by atoms with Gasteiger partial charge in [-0.25, -0.2) is 4.98 Å². The zero-order chi connectivity index (χ0) is 22.2. The average Bonchev–Trinajstić information content (AvgIpc) is 3.46. The van der Waals surface area contributed by atoms with Gasteiger partial charge in [-0.2, -0.15) is 15.3 Å². The maximum Gasteiger partial charge on any atom is 0.248 e. The summed E-state index contributed by atoms with van der Waals surface area (Å²) in [6.45, 7) is 7.21. The number of hydrogen-bond acceptors (Lipinski definition) is 7. The van der Waals surface area contributed by atoms with Gasteiger partial charge in [-0.05, 0) is 24.8 Å². The summed E-state index contributed by atoms with van der Waals surface area (Å²) in [7, 11) is 0. The lowest BCUT2D eigenvalue weighted by Gasteiger charge is -2.24. The molecule has 32 heavy (non-hydrogen) atoms. The van der Waals surface area contributed by atoms with Crippen LogP contribution in [-0.2, 0) is 9.59 Å². The summed E-state index contributed by atoms with van der Waals surface area (Å²) in [4.78, 5) is 36.6. The van der Waals surface area contributed by atoms with Crippen LogP contribution in [0.5, 0.6) is 0 Å². The predicted molar refractivity (Wildman–Crippen MR) is 121 cm³/mol. The Labute approximate surface area is 193 Å². The number of halogens is 1. The molecule has 2 fully saturated rings. The first kappa shape index (κ1) is 23.5. The number of nitrogens with zero attached hydrogens (tertiary/aromatic N) is 7. The van der Waals surface area contributed by atoms with Gasteiger partial charge in [0.2, 0.25) is 17.8 Å². The van der Waals surface area contributed by atoms with E-state index in [4.69, 9.17) is 0 Å². The lowest BCUT2D eigenvalue weighted by atomic mass is 9.77. The topological polar surface area (TPSA) is 120 Å². The van der Waals surface area contributed by atoms with Crippen molar-refractivity contribution in [2.24, 2.45) is 11.3 Å². The Kier molecular flexibility index (Phi) is 6.69. The molecule has 2 aromatic rings. The lowest BCUT2D eigenvalue weighted by Crippen LogP contribution is -2.37. The van der Waals surface area contributed by atoms with Crippen LogP contribution in [0.1, 0.15) is 39.7 Å². The second-order valence-electron chi connectivity index (χ2n) is 8.42. The Bertz CT molecular complexity index is 1050. The molecule has 0 aromatic carbocycles. The second kappa shape index (κ2) is 9.12. The van der Waals surface area contributed by atoms with Gasteiger partial charge in [-0.15, -0.1) is 12.4 Å². The fourth-order valence-electron chi connectivity index (χ4n) is 4.26. The van der Waals surface area contributed by atoms with E-state index >= 15 is 0 Å². The monoisotopic (exact) mass is 458 g/mol. The molecule has 2 saturated heterocycles. The Balaban J connectivity index is 0.00000289. The Morgan fingerprint density at radius 1 is 1.38 bits per heavy atom. The van der Waals surface area contributed by atoms with Crippen LogP contribution in [0.25, 0.3) is 0 Å². The van der Waals surface area contributed by atoms with E-state index in [2.05, 4.69) is 26.5 Å². The van der Waals surface area contributed by atoms with Crippen LogP contribution in [0, 0.1) is 22.7 Å². The zero-order valence-electron chi connectivity index (χ0n) is 18.4. The standard InChI is InChI=1S/C21H26N8O2.ClH/c1-14(2)21(13-22)6-9-28(19(21)31)18-4-7-23-20(26-18)25-16-10-24-29(11-16)17-5-8-27(12-17)15(3)30;/h4,7,10-11,14,17H,5-6,8-9,12H2,1-3H3,(H,23,25,26);1H/t17-,21+;/m0./s1. The Hall–Kier alpha value is -3.19. The van der Waals surface area contributed by atoms with Crippen LogP contribution in [0.4, 0.5) is 17.5 Å². The normalized spacial score (nSPS) is 22.7. The fourth-order valence-corrected chi connectivity index (χ4v) is 4.26. The van der Waals surface area contributed by atoms with Crippen molar-refractivity contribution in [2.45, 2.75) is 39.7 Å². The number of nitrogens with one attached hydrogen (secondary N) is 1. The minimum Gasteiger partial charge on any atom is -0.341 e. The van der Waals surface area contributed by atoms with E-state index in [-0.39, 0.29) is 36.2 Å². The van der Waals surface area contributed by atoms with Gasteiger partial charge in [0.05, 0.1) is 24.0 Å². The third-order valence-corrected chi connectivity index (χ3v) is 6.30. The molecule has 0 saturated carbocycles. The highest BCUT2D eigenvalue weighted by molar-refractivity contribution is 6.01. The van der Waals surface area contributed by atoms with Crippen LogP contribution in [0.3, 0.4) is 0 Å². The van der Waals surface area contributed by atoms with Crippen molar-refractivity contribution in [1.29, 1.82) is 5.26 Å². The van der Waals surface area contributed by atoms with Crippen molar-refractivity contribution in [3.63, 3.8) is 0 Å². The van der Waals surface area contributed by atoms with E-state index in [9.17, 15) is 14.9 Å². The predicted octanol–water partition coefficient (Wildman–Crippen LogP) is 2.53. The number of hydrogen-bond donors (Lipinski definition) is 1. The van der Waals surface area contributed by atoms with E-state index in [1.54, 1.807) is 30.3 Å². The molecule has 10 nitrogen and oxygen atoms in total. The first-order valence-corrected chi connectivity index (χ1v) is 10.5. The molecule has 170 valence electrons. The first-order chi connectivity index (χ1) is 14.8. The molecule has 0 radical (unpaired) electrons. The van der Waals surface area contributed by atoms with Gasteiger partial charge in [0.15, 0.2) is 0 Å². The van der Waals surface area contributed by atoms with Crippen molar-refractivity contribution >= 4 is 41.7 Å². The molecule has 1 N–H and O–H groups in total. The fraction of sp³-hybridized carbons (Fsp3) is 0.524. The van der Waals surface area contributed by atoms with Crippen LogP contribution < -0.4 is 10.2 Å². The third-order valence-electron chi connectivity index (χ3n) is 6.30. The lowest BCUT2D eigenvalue weighted by molar-refractivity contribution is -0.128. The molecular weight excluding hydrogens is 432 g/mol. The van der Waals surface area contributed by atoms with Crippen molar-refractivity contribution in [3.05, 3.63) is 24.7 Å². The summed E-state index contributed by atoms with van der Waals surface area (Å²) >= 11 is 0. The molecule has 2 aliphatic heterocycles. The van der Waals surface area contributed by atoms with Crippen molar-refractivity contribution < 1.29 is 9.59 Å². The summed E-state index contributed by atoms with van der Waals surface area (Å²) in [6, 6.07) is 4.05. The summed E-state index contributed by atoms with van der Waals surface area (Å²) < 4.78 is 1.85. The van der Waals surface area contributed by atoms with Crippen LogP contribution in [0.2, 0.25) is 0 Å². The van der Waals surface area contributed by atoms with E-state index in [0.717, 1.165) is 18.7 Å². The van der Waals surface area contributed by atoms with Crippen LogP contribution >= 0.6 is 12.4 Å². The number of nitriles is 1. The number of amides is 2. The molecule has 4 heterocycles. The maximum absolute atomic E-state index is 13.0. The van der Waals surface area contributed by atoms with Crippen molar-refractivity contribution in [1.82, 2.24) is 24.6 Å². The quantitative estimate of drug-likeness (QED) is 0.730. The second-order valence-corrected chi connectivity index (χ2v) is 8.42. The van der Waals surface area contributed by atoms with Gasteiger partial charge in [0.1, 0.15) is 11.2 Å². The number of carbonyl (C=O) groups excluding carboxylic acids is 2. The molecule has 2 aliphatic rings. The first-order valence-electron chi connectivity index (χ1n) is 10.5. The molecule has 0 unspecified atom stereocenters. The average molecular weight is 459 g/mol. The number of rotatable bonds is 5. The molecule has 2 amide bonds. The van der Waals surface area contributed by atoms with E-state index in [0.29, 0.717) is 31.3 Å². The SMILES string of the molecule is CC(=O)N1CC[C@H](n2cc(Nc3nccc(N4CC[C@@](C#N)(C(C)C)C4=O)n3)cn2)C1.Cl. The van der Waals surface area contributed by atoms with Crippen molar-refractivity contribution in [2.75, 3.05) is 29.9 Å². The zero-order valence-corrected chi connectivity index (χ0v) is 19.2. The van der Waals surface area contributed by atoms with Gasteiger partial charge >= 0.3 is 0 Å². The molecule has 11 heteroatoms. The van der Waals surface area contributed by atoms with E-state index < -0.39 is 5.41 Å². The number of aromatic nitrogens is 4.